The van der Waals surface area contributed by atoms with Crippen molar-refractivity contribution in [2.75, 3.05) is 0 Å². The quantitative estimate of drug-likeness (QED) is 0.713. The number of rotatable bonds is 4. The fraction of sp³-hybridized carbons (Fsp3) is 0.800. The third-order valence-electron chi connectivity index (χ3n) is 2.77. The minimum atomic E-state index is -0.498. The van der Waals surface area contributed by atoms with Crippen LogP contribution in [0.3, 0.4) is 0 Å². The van der Waals surface area contributed by atoms with Crippen molar-refractivity contribution in [3.05, 3.63) is 0 Å². The van der Waals surface area contributed by atoms with Crippen molar-refractivity contribution in [3.8, 4) is 0 Å². The van der Waals surface area contributed by atoms with Crippen molar-refractivity contribution < 1.29 is 9.59 Å². The lowest BCUT2D eigenvalue weighted by atomic mass is 10.1. The zero-order valence-corrected chi connectivity index (χ0v) is 8.52. The summed E-state index contributed by atoms with van der Waals surface area (Å²) in [5.41, 5.74) is -0.498. The van der Waals surface area contributed by atoms with Gasteiger partial charge in [0, 0.05) is 6.92 Å². The lowest BCUT2D eigenvalue weighted by molar-refractivity contribution is -0.127. The average Bonchev–Trinajstić information content (AvgIpc) is 2.63. The highest BCUT2D eigenvalue weighted by Gasteiger charge is 2.57. The minimum absolute atomic E-state index is 0.0983. The molecule has 1 rings (SSSR count). The first-order chi connectivity index (χ1) is 6.03. The van der Waals surface area contributed by atoms with E-state index in [1.165, 1.54) is 6.92 Å². The van der Waals surface area contributed by atoms with Crippen LogP contribution in [0.5, 0.6) is 0 Å². The van der Waals surface area contributed by atoms with Crippen molar-refractivity contribution in [1.82, 2.24) is 5.32 Å². The van der Waals surface area contributed by atoms with Gasteiger partial charge in [-0.2, -0.15) is 0 Å². The summed E-state index contributed by atoms with van der Waals surface area (Å²) in [5.74, 6) is 0.369. The molecule has 1 amide bonds. The molecule has 74 valence electrons. The summed E-state index contributed by atoms with van der Waals surface area (Å²) in [7, 11) is 0. The van der Waals surface area contributed by atoms with Crippen LogP contribution in [-0.2, 0) is 9.59 Å². The van der Waals surface area contributed by atoms with Crippen LogP contribution in [0.2, 0.25) is 0 Å². The number of carbonyl (C=O) groups excluding carboxylic acids is 2. The van der Waals surface area contributed by atoms with Crippen LogP contribution in [-0.4, -0.2) is 17.2 Å². The van der Waals surface area contributed by atoms with E-state index in [2.05, 4.69) is 12.2 Å². The summed E-state index contributed by atoms with van der Waals surface area (Å²) in [4.78, 5) is 22.2. The molecule has 0 saturated heterocycles. The number of ketones is 1. The molecule has 3 heteroatoms. The van der Waals surface area contributed by atoms with Crippen LogP contribution in [0.1, 0.15) is 40.0 Å². The Kier molecular flexibility index (Phi) is 2.74. The zero-order chi connectivity index (χ0) is 10.1. The van der Waals surface area contributed by atoms with Gasteiger partial charge in [-0.15, -0.1) is 0 Å². The Morgan fingerprint density at radius 1 is 1.46 bits per heavy atom. The van der Waals surface area contributed by atoms with Crippen molar-refractivity contribution in [1.29, 1.82) is 0 Å². The van der Waals surface area contributed by atoms with E-state index in [0.717, 1.165) is 19.3 Å². The first-order valence-corrected chi connectivity index (χ1v) is 4.82. The number of carbonyl (C=O) groups is 2. The second-order valence-electron chi connectivity index (χ2n) is 3.90. The lowest BCUT2D eigenvalue weighted by Crippen LogP contribution is -2.42. The molecule has 0 aromatic carbocycles. The summed E-state index contributed by atoms with van der Waals surface area (Å²) >= 11 is 0. The van der Waals surface area contributed by atoms with Crippen LogP contribution < -0.4 is 5.32 Å². The van der Waals surface area contributed by atoms with Crippen LogP contribution in [0, 0.1) is 5.92 Å². The minimum Gasteiger partial charge on any atom is -0.344 e. The molecule has 0 aromatic rings. The fourth-order valence-electron chi connectivity index (χ4n) is 2.01. The molecule has 0 spiro atoms. The van der Waals surface area contributed by atoms with E-state index >= 15 is 0 Å². The number of amides is 1. The monoisotopic (exact) mass is 183 g/mol. The first-order valence-electron chi connectivity index (χ1n) is 4.82. The molecule has 1 aliphatic rings. The SMILES string of the molecule is CCC[C@H]1CC1(NC(C)=O)C(C)=O. The summed E-state index contributed by atoms with van der Waals surface area (Å²) < 4.78 is 0. The molecular weight excluding hydrogens is 166 g/mol. The largest absolute Gasteiger partial charge is 0.344 e. The maximum Gasteiger partial charge on any atom is 0.217 e. The highest BCUT2D eigenvalue weighted by Crippen LogP contribution is 2.47. The molecule has 2 atom stereocenters. The summed E-state index contributed by atoms with van der Waals surface area (Å²) in [6.45, 7) is 5.12. The summed E-state index contributed by atoms with van der Waals surface area (Å²) in [5, 5.41) is 2.78. The van der Waals surface area contributed by atoms with Gasteiger partial charge in [0.1, 0.15) is 5.54 Å². The van der Waals surface area contributed by atoms with Crippen molar-refractivity contribution in [2.24, 2.45) is 5.92 Å². The van der Waals surface area contributed by atoms with Crippen molar-refractivity contribution in [2.45, 2.75) is 45.6 Å². The van der Waals surface area contributed by atoms with E-state index in [9.17, 15) is 9.59 Å². The van der Waals surface area contributed by atoms with E-state index in [0.29, 0.717) is 5.92 Å². The van der Waals surface area contributed by atoms with Crippen molar-refractivity contribution >= 4 is 11.7 Å². The molecule has 1 unspecified atom stereocenters. The molecule has 0 aromatic heterocycles. The maximum absolute atomic E-state index is 11.3. The molecule has 1 N–H and O–H groups in total. The van der Waals surface area contributed by atoms with Gasteiger partial charge < -0.3 is 5.32 Å². The van der Waals surface area contributed by atoms with Crippen molar-refractivity contribution in [3.63, 3.8) is 0 Å². The predicted molar refractivity (Wildman–Crippen MR) is 50.2 cm³/mol. The van der Waals surface area contributed by atoms with E-state index in [-0.39, 0.29) is 11.7 Å². The smallest absolute Gasteiger partial charge is 0.217 e. The molecule has 13 heavy (non-hydrogen) atoms. The molecule has 0 bridgehead atoms. The molecule has 0 heterocycles. The highest BCUT2D eigenvalue weighted by molar-refractivity contribution is 5.94. The molecule has 0 aliphatic heterocycles. The highest BCUT2D eigenvalue weighted by atomic mass is 16.2. The molecular formula is C10H17NO2. The average molecular weight is 183 g/mol. The van der Waals surface area contributed by atoms with E-state index in [1.54, 1.807) is 6.92 Å². The van der Waals surface area contributed by atoms with Gasteiger partial charge in [-0.3, -0.25) is 9.59 Å². The van der Waals surface area contributed by atoms with Gasteiger partial charge in [0.2, 0.25) is 5.91 Å². The summed E-state index contributed by atoms with van der Waals surface area (Å²) in [6, 6.07) is 0. The Bertz CT molecular complexity index is 237. The second-order valence-corrected chi connectivity index (χ2v) is 3.90. The number of Topliss-reactive ketones (excluding diaryl/α,β-unsaturated/α-hetero) is 1. The van der Waals surface area contributed by atoms with Gasteiger partial charge in [-0.05, 0) is 25.7 Å². The molecule has 1 aliphatic carbocycles. The third kappa shape index (κ3) is 1.90. The Morgan fingerprint density at radius 2 is 2.08 bits per heavy atom. The van der Waals surface area contributed by atoms with E-state index in [4.69, 9.17) is 0 Å². The molecule has 0 radical (unpaired) electrons. The first kappa shape index (κ1) is 10.2. The van der Waals surface area contributed by atoms with Gasteiger partial charge in [-0.25, -0.2) is 0 Å². The molecule has 1 saturated carbocycles. The van der Waals surface area contributed by atoms with Crippen LogP contribution in [0.4, 0.5) is 0 Å². The van der Waals surface area contributed by atoms with Gasteiger partial charge in [0.25, 0.3) is 0 Å². The summed E-state index contributed by atoms with van der Waals surface area (Å²) in [6.07, 6.45) is 2.93. The van der Waals surface area contributed by atoms with Gasteiger partial charge in [0.15, 0.2) is 5.78 Å². The normalized spacial score (nSPS) is 31.2. The van der Waals surface area contributed by atoms with E-state index < -0.39 is 5.54 Å². The standard InChI is InChI=1S/C10H17NO2/c1-4-5-9-6-10(9,7(2)12)11-8(3)13/h9H,4-6H2,1-3H3,(H,11,13)/t9-,10?/m0/s1. The predicted octanol–water partition coefficient (Wildman–Crippen LogP) is 1.27. The van der Waals surface area contributed by atoms with E-state index in [1.807, 2.05) is 0 Å². The molecule has 3 nitrogen and oxygen atoms in total. The van der Waals surface area contributed by atoms with Gasteiger partial charge in [-0.1, -0.05) is 13.3 Å². The lowest BCUT2D eigenvalue weighted by Gasteiger charge is -2.14. The third-order valence-corrected chi connectivity index (χ3v) is 2.77. The Balaban J connectivity index is 2.60. The van der Waals surface area contributed by atoms with Crippen LogP contribution in [0.15, 0.2) is 0 Å². The Hall–Kier alpha value is -0.860. The van der Waals surface area contributed by atoms with Gasteiger partial charge in [0.05, 0.1) is 0 Å². The Labute approximate surface area is 78.9 Å². The number of hydrogen-bond donors (Lipinski definition) is 1. The van der Waals surface area contributed by atoms with Crippen LogP contribution in [0.25, 0.3) is 0 Å². The number of nitrogens with one attached hydrogen (secondary N) is 1. The van der Waals surface area contributed by atoms with Crippen LogP contribution >= 0.6 is 0 Å². The zero-order valence-electron chi connectivity index (χ0n) is 8.52. The maximum atomic E-state index is 11.3. The fourth-order valence-corrected chi connectivity index (χ4v) is 2.01. The molecule has 1 fully saturated rings. The number of hydrogen-bond acceptors (Lipinski definition) is 2. The second kappa shape index (κ2) is 3.48. The topological polar surface area (TPSA) is 46.2 Å². The Morgan fingerprint density at radius 3 is 2.46 bits per heavy atom. The van der Waals surface area contributed by atoms with Gasteiger partial charge >= 0.3 is 0 Å².